The van der Waals surface area contributed by atoms with Crippen molar-refractivity contribution in [1.82, 2.24) is 10.6 Å². The van der Waals surface area contributed by atoms with Crippen LogP contribution in [0.2, 0.25) is 0 Å². The van der Waals surface area contributed by atoms with E-state index in [4.69, 9.17) is 5.11 Å². The summed E-state index contributed by atoms with van der Waals surface area (Å²) in [6.07, 6.45) is 0.160. The molecule has 45 heavy (non-hydrogen) atoms. The Hall–Kier alpha value is -3.54. The molecule has 0 heterocycles. The first-order valence-corrected chi connectivity index (χ1v) is 15.2. The number of benzene rings is 1. The highest BCUT2D eigenvalue weighted by molar-refractivity contribution is 5.93. The van der Waals surface area contributed by atoms with E-state index in [0.717, 1.165) is 27.8 Å². The first kappa shape index (κ1) is 32.8. The van der Waals surface area contributed by atoms with Crippen LogP contribution < -0.4 is 10.6 Å². The molecule has 0 bridgehead atoms. The molecular formula is C33H37F5N2O5. The van der Waals surface area contributed by atoms with Crippen LogP contribution in [0.25, 0.3) is 6.08 Å². The second-order valence-electron chi connectivity index (χ2n) is 12.8. The third-order valence-corrected chi connectivity index (χ3v) is 10.4. The van der Waals surface area contributed by atoms with E-state index in [1.807, 2.05) is 12.1 Å². The van der Waals surface area contributed by atoms with Gasteiger partial charge in [-0.2, -0.15) is 22.0 Å². The predicted molar refractivity (Wildman–Crippen MR) is 155 cm³/mol. The monoisotopic (exact) mass is 636 g/mol. The van der Waals surface area contributed by atoms with Gasteiger partial charge in [0.1, 0.15) is 5.60 Å². The van der Waals surface area contributed by atoms with Crippen LogP contribution in [0.3, 0.4) is 0 Å². The van der Waals surface area contributed by atoms with E-state index in [1.54, 1.807) is 30.4 Å². The summed E-state index contributed by atoms with van der Waals surface area (Å²) in [6, 6.07) is 6.70. The van der Waals surface area contributed by atoms with Gasteiger partial charge >= 0.3 is 24.1 Å². The molecule has 2 amide bonds. The Morgan fingerprint density at radius 2 is 1.76 bits per heavy atom. The largest absolute Gasteiger partial charge is 0.481 e. The zero-order chi connectivity index (χ0) is 32.8. The first-order valence-electron chi connectivity index (χ1n) is 15.2. The normalized spacial score (nSPS) is 30.0. The number of hydrogen-bond donors (Lipinski definition) is 4. The van der Waals surface area contributed by atoms with Crippen LogP contribution in [-0.2, 0) is 9.59 Å². The molecule has 7 nitrogen and oxygen atoms in total. The van der Waals surface area contributed by atoms with Gasteiger partial charge < -0.3 is 20.8 Å². The lowest BCUT2D eigenvalue weighted by atomic mass is 9.50. The Morgan fingerprint density at radius 1 is 1.04 bits per heavy atom. The molecule has 1 aromatic carbocycles. The highest BCUT2D eigenvalue weighted by atomic mass is 19.4. The second kappa shape index (κ2) is 12.0. The second-order valence-corrected chi connectivity index (χ2v) is 12.8. The standard InChI is InChI=1S/C33H37F5N2O5/c1-30-18-25(20-6-4-19(5-7-20)3-2-15-39-29(44)40-16-13-27(42)43)28-23-11-9-22(41)17-21(23)8-10-24(28)26(30)12-14-31(30,45)32(34,35)33(36,37)38/h2-7,17,24-26,45H,8-16,18H2,1H3,(H,42,43)(H2,39,40,44)/t24-,25+,26-,30-,31-/m0/s1. The number of urea groups is 1. The van der Waals surface area contributed by atoms with Gasteiger partial charge in [0.15, 0.2) is 5.78 Å². The fraction of sp³-hybridized carbons (Fsp3) is 0.545. The lowest BCUT2D eigenvalue weighted by Crippen LogP contribution is -2.65. The molecule has 244 valence electrons. The molecule has 1 aromatic rings. The Balaban J connectivity index is 1.43. The number of alkyl halides is 5. The molecule has 4 aliphatic rings. The molecule has 2 saturated carbocycles. The van der Waals surface area contributed by atoms with E-state index in [9.17, 15) is 32.7 Å². The highest BCUT2D eigenvalue weighted by Gasteiger charge is 2.79. The molecular weight excluding hydrogens is 599 g/mol. The van der Waals surface area contributed by atoms with Gasteiger partial charge in [-0.25, -0.2) is 4.79 Å². The maximum absolute atomic E-state index is 15.1. The summed E-state index contributed by atoms with van der Waals surface area (Å²) >= 11 is 0. The zero-order valence-corrected chi connectivity index (χ0v) is 24.9. The van der Waals surface area contributed by atoms with Gasteiger partial charge in [-0.3, -0.25) is 9.59 Å². The van der Waals surface area contributed by atoms with E-state index in [-0.39, 0.29) is 44.1 Å². The number of carboxylic acid groups (broad SMARTS) is 1. The summed E-state index contributed by atoms with van der Waals surface area (Å²) in [5.41, 5.74) is -0.555. The van der Waals surface area contributed by atoms with Crippen molar-refractivity contribution < 1.29 is 46.5 Å². The van der Waals surface area contributed by atoms with Crippen LogP contribution in [0.5, 0.6) is 0 Å². The minimum atomic E-state index is -5.90. The molecule has 0 unspecified atom stereocenters. The fourth-order valence-electron chi connectivity index (χ4n) is 8.25. The number of carboxylic acids is 1. The number of hydrogen-bond acceptors (Lipinski definition) is 4. The Morgan fingerprint density at radius 3 is 2.42 bits per heavy atom. The number of aliphatic hydroxyl groups is 1. The lowest BCUT2D eigenvalue weighted by Gasteiger charge is -2.56. The first-order chi connectivity index (χ1) is 21.1. The van der Waals surface area contributed by atoms with Crippen molar-refractivity contribution in [2.24, 2.45) is 17.3 Å². The molecule has 2 fully saturated rings. The van der Waals surface area contributed by atoms with Gasteiger partial charge in [-0.1, -0.05) is 48.9 Å². The van der Waals surface area contributed by atoms with Crippen molar-refractivity contribution in [2.75, 3.05) is 13.1 Å². The van der Waals surface area contributed by atoms with Crippen molar-refractivity contribution in [3.63, 3.8) is 0 Å². The van der Waals surface area contributed by atoms with Crippen molar-refractivity contribution >= 4 is 23.9 Å². The average Bonchev–Trinajstić information content (AvgIpc) is 3.25. The van der Waals surface area contributed by atoms with Crippen LogP contribution >= 0.6 is 0 Å². The van der Waals surface area contributed by atoms with Gasteiger partial charge in [-0.15, -0.1) is 0 Å². The van der Waals surface area contributed by atoms with Crippen LogP contribution in [0.15, 0.2) is 53.1 Å². The summed E-state index contributed by atoms with van der Waals surface area (Å²) in [4.78, 5) is 34.5. The molecule has 5 atom stereocenters. The summed E-state index contributed by atoms with van der Waals surface area (Å²) in [7, 11) is 0. The van der Waals surface area contributed by atoms with Gasteiger partial charge in [0.2, 0.25) is 0 Å². The molecule has 0 spiro atoms. The average molecular weight is 637 g/mol. The molecule has 5 rings (SSSR count). The predicted octanol–water partition coefficient (Wildman–Crippen LogP) is 6.30. The highest BCUT2D eigenvalue weighted by Crippen LogP contribution is 2.70. The van der Waals surface area contributed by atoms with E-state index < -0.39 is 53.4 Å². The molecule has 12 heteroatoms. The SMILES string of the molecule is C[C@]12C[C@H](c3ccc(C=CCNC(=O)NCCC(=O)O)cc3)C3=C4CCC(=O)C=C4CC[C@H]3[C@@H]1CC[C@@]2(O)C(F)(F)C(F)(F)F. The van der Waals surface area contributed by atoms with Crippen molar-refractivity contribution in [1.29, 1.82) is 0 Å². The summed E-state index contributed by atoms with van der Waals surface area (Å²) in [5, 5.41) is 25.0. The van der Waals surface area contributed by atoms with Gasteiger partial charge in [-0.05, 0) is 78.7 Å². The number of allylic oxidation sites excluding steroid dienone is 4. The summed E-state index contributed by atoms with van der Waals surface area (Å²) in [5.74, 6) is -7.67. The topological polar surface area (TPSA) is 116 Å². The number of fused-ring (bicyclic) bond motifs is 4. The third kappa shape index (κ3) is 5.81. The number of aliphatic carboxylic acids is 1. The molecule has 4 N–H and O–H groups in total. The fourth-order valence-corrected chi connectivity index (χ4v) is 8.25. The van der Waals surface area contributed by atoms with Crippen LogP contribution in [-0.4, -0.2) is 58.8 Å². The molecule has 0 aliphatic heterocycles. The number of halogens is 5. The Labute approximate surface area is 257 Å². The third-order valence-electron chi connectivity index (χ3n) is 10.4. The van der Waals surface area contributed by atoms with Crippen molar-refractivity contribution in [3.05, 3.63) is 64.3 Å². The maximum Gasteiger partial charge on any atom is 0.456 e. The van der Waals surface area contributed by atoms with Crippen LogP contribution in [0.4, 0.5) is 26.7 Å². The van der Waals surface area contributed by atoms with Gasteiger partial charge in [0, 0.05) is 30.8 Å². The van der Waals surface area contributed by atoms with E-state index >= 15 is 8.78 Å². The number of rotatable bonds is 8. The van der Waals surface area contributed by atoms with Crippen LogP contribution in [0.1, 0.15) is 75.3 Å². The van der Waals surface area contributed by atoms with Crippen LogP contribution in [0, 0.1) is 17.3 Å². The van der Waals surface area contributed by atoms with Crippen molar-refractivity contribution in [2.45, 2.75) is 81.9 Å². The molecule has 4 aliphatic carbocycles. The number of amides is 2. The summed E-state index contributed by atoms with van der Waals surface area (Å²) in [6.45, 7) is 1.56. The summed E-state index contributed by atoms with van der Waals surface area (Å²) < 4.78 is 71.6. The maximum atomic E-state index is 15.1. The quantitative estimate of drug-likeness (QED) is 0.250. The number of carbonyl (C=O) groups excluding carboxylic acids is 2. The van der Waals surface area contributed by atoms with E-state index in [0.29, 0.717) is 25.7 Å². The zero-order valence-electron chi connectivity index (χ0n) is 24.9. The molecule has 0 aromatic heterocycles. The Kier molecular flexibility index (Phi) is 8.76. The lowest BCUT2D eigenvalue weighted by molar-refractivity contribution is -0.362. The minimum Gasteiger partial charge on any atom is -0.481 e. The van der Waals surface area contributed by atoms with E-state index in [2.05, 4.69) is 10.6 Å². The smallest absolute Gasteiger partial charge is 0.456 e. The number of nitrogens with one attached hydrogen (secondary N) is 2. The number of carbonyl (C=O) groups is 3. The van der Waals surface area contributed by atoms with Gasteiger partial charge in [0.25, 0.3) is 0 Å². The van der Waals surface area contributed by atoms with E-state index in [1.165, 1.54) is 6.92 Å². The van der Waals surface area contributed by atoms with Crippen molar-refractivity contribution in [3.8, 4) is 0 Å². The molecule has 0 radical (unpaired) electrons. The van der Waals surface area contributed by atoms with Gasteiger partial charge in [0.05, 0.1) is 6.42 Å². The Bertz CT molecular complexity index is 1450. The molecule has 0 saturated heterocycles. The number of ketones is 1. The minimum absolute atomic E-state index is 0.00878.